The van der Waals surface area contributed by atoms with Gasteiger partial charge in [0.1, 0.15) is 5.82 Å². The van der Waals surface area contributed by atoms with Gasteiger partial charge in [0.2, 0.25) is 0 Å². The number of H-pyrrole nitrogens is 1. The Labute approximate surface area is 103 Å². The van der Waals surface area contributed by atoms with E-state index < -0.39 is 0 Å². The first-order valence-electron chi connectivity index (χ1n) is 5.86. The highest BCUT2D eigenvalue weighted by atomic mass is 16.2. The van der Waals surface area contributed by atoms with Crippen molar-refractivity contribution in [2.45, 2.75) is 52.5 Å². The quantitative estimate of drug-likeness (QED) is 0.690. The van der Waals surface area contributed by atoms with Crippen LogP contribution in [-0.2, 0) is 5.41 Å². The van der Waals surface area contributed by atoms with Crippen LogP contribution >= 0.6 is 0 Å². The van der Waals surface area contributed by atoms with Crippen LogP contribution in [0.3, 0.4) is 0 Å². The zero-order chi connectivity index (χ0) is 13.3. The molecular weight excluding hydrogens is 214 g/mol. The second-order valence-electron chi connectivity index (χ2n) is 6.38. The van der Waals surface area contributed by atoms with Gasteiger partial charge in [-0.05, 0) is 37.8 Å². The number of hydrogen-bond acceptors (Lipinski definition) is 1. The molecule has 4 heteroatoms. The van der Waals surface area contributed by atoms with Crippen molar-refractivity contribution >= 4 is 11.8 Å². The third-order valence-electron chi connectivity index (χ3n) is 2.29. The number of nitrogens with one attached hydrogen (secondary N) is 3. The lowest BCUT2D eigenvalue weighted by Crippen LogP contribution is -2.43. The molecule has 0 radical (unpaired) electrons. The Kier molecular flexibility index (Phi) is 3.55. The van der Waals surface area contributed by atoms with Gasteiger partial charge < -0.3 is 10.3 Å². The molecule has 2 amide bonds. The molecule has 4 nitrogen and oxygen atoms in total. The Hall–Kier alpha value is -1.45. The van der Waals surface area contributed by atoms with Crippen LogP contribution in [0, 0.1) is 0 Å². The van der Waals surface area contributed by atoms with Crippen molar-refractivity contribution in [3.05, 3.63) is 17.8 Å². The van der Waals surface area contributed by atoms with E-state index in [0.29, 0.717) is 0 Å². The Morgan fingerprint density at radius 2 is 1.76 bits per heavy atom. The third-order valence-corrected chi connectivity index (χ3v) is 2.29. The highest BCUT2D eigenvalue weighted by molar-refractivity contribution is 5.88. The summed E-state index contributed by atoms with van der Waals surface area (Å²) in [5.74, 6) is 0.719. The molecule has 3 N–H and O–H groups in total. The summed E-state index contributed by atoms with van der Waals surface area (Å²) in [6.45, 7) is 12.2. The maximum absolute atomic E-state index is 11.6. The zero-order valence-electron chi connectivity index (χ0n) is 11.6. The molecule has 17 heavy (non-hydrogen) atoms. The summed E-state index contributed by atoms with van der Waals surface area (Å²) in [7, 11) is 0. The predicted octanol–water partition coefficient (Wildman–Crippen LogP) is 3.23. The van der Waals surface area contributed by atoms with Crippen LogP contribution in [0.5, 0.6) is 0 Å². The molecule has 0 atom stereocenters. The summed E-state index contributed by atoms with van der Waals surface area (Å²) in [5, 5.41) is 5.63. The Morgan fingerprint density at radius 1 is 1.18 bits per heavy atom. The van der Waals surface area contributed by atoms with E-state index in [1.807, 2.05) is 33.0 Å². The van der Waals surface area contributed by atoms with E-state index in [0.717, 1.165) is 5.82 Å². The van der Waals surface area contributed by atoms with Crippen molar-refractivity contribution in [2.75, 3.05) is 5.32 Å². The number of aromatic nitrogens is 1. The SMILES string of the molecule is CC(C)(C)NC(=O)Nc1cc(C(C)(C)C)c[nH]1. The maximum atomic E-state index is 11.6. The summed E-state index contributed by atoms with van der Waals surface area (Å²) < 4.78 is 0. The van der Waals surface area contributed by atoms with Gasteiger partial charge in [0.15, 0.2) is 0 Å². The first kappa shape index (κ1) is 13.6. The molecule has 0 spiro atoms. The number of carbonyl (C=O) groups excluding carboxylic acids is 1. The lowest BCUT2D eigenvalue weighted by atomic mass is 9.89. The molecule has 96 valence electrons. The van der Waals surface area contributed by atoms with Gasteiger partial charge in [0, 0.05) is 11.7 Å². The molecular formula is C13H23N3O. The molecule has 0 aliphatic rings. The van der Waals surface area contributed by atoms with Crippen LogP contribution in [0.1, 0.15) is 47.1 Å². The van der Waals surface area contributed by atoms with E-state index >= 15 is 0 Å². The van der Waals surface area contributed by atoms with Gasteiger partial charge in [-0.2, -0.15) is 0 Å². The van der Waals surface area contributed by atoms with E-state index in [2.05, 4.69) is 36.4 Å². The Bertz CT molecular complexity index is 394. The van der Waals surface area contributed by atoms with Gasteiger partial charge in [-0.3, -0.25) is 5.32 Å². The number of amides is 2. The van der Waals surface area contributed by atoms with Gasteiger partial charge in [-0.1, -0.05) is 20.8 Å². The average molecular weight is 237 g/mol. The first-order chi connectivity index (χ1) is 7.58. The van der Waals surface area contributed by atoms with Crippen LogP contribution in [-0.4, -0.2) is 16.6 Å². The summed E-state index contributed by atoms with van der Waals surface area (Å²) in [6.07, 6.45) is 1.92. The highest BCUT2D eigenvalue weighted by Crippen LogP contribution is 2.24. The summed E-state index contributed by atoms with van der Waals surface area (Å²) in [4.78, 5) is 14.7. The molecule has 0 aliphatic heterocycles. The fourth-order valence-electron chi connectivity index (χ4n) is 1.39. The Balaban J connectivity index is 2.65. The van der Waals surface area contributed by atoms with E-state index in [9.17, 15) is 4.79 Å². The number of anilines is 1. The summed E-state index contributed by atoms with van der Waals surface area (Å²) in [5.41, 5.74) is 1.02. The first-order valence-corrected chi connectivity index (χ1v) is 5.86. The molecule has 1 rings (SSSR count). The number of aromatic amines is 1. The normalized spacial score (nSPS) is 12.4. The maximum Gasteiger partial charge on any atom is 0.320 e. The predicted molar refractivity (Wildman–Crippen MR) is 71.4 cm³/mol. The zero-order valence-corrected chi connectivity index (χ0v) is 11.6. The number of rotatable bonds is 1. The standard InChI is InChI=1S/C13H23N3O/c1-12(2,3)9-7-10(14-8-9)15-11(17)16-13(4,5)6/h7-8,14H,1-6H3,(H2,15,16,17). The molecule has 1 aromatic heterocycles. The fraction of sp³-hybridized carbons (Fsp3) is 0.615. The van der Waals surface area contributed by atoms with Gasteiger partial charge in [0.05, 0.1) is 0 Å². The van der Waals surface area contributed by atoms with Crippen LogP contribution in [0.25, 0.3) is 0 Å². The minimum atomic E-state index is -0.233. The van der Waals surface area contributed by atoms with Crippen LogP contribution in [0.15, 0.2) is 12.3 Å². The molecule has 0 unspecified atom stereocenters. The van der Waals surface area contributed by atoms with Crippen LogP contribution in [0.4, 0.5) is 10.6 Å². The molecule has 0 fully saturated rings. The molecule has 1 aromatic rings. The lowest BCUT2D eigenvalue weighted by molar-refractivity contribution is 0.243. The van der Waals surface area contributed by atoms with E-state index in [-0.39, 0.29) is 17.0 Å². The van der Waals surface area contributed by atoms with Gasteiger partial charge >= 0.3 is 6.03 Å². The van der Waals surface area contributed by atoms with E-state index in [1.54, 1.807) is 0 Å². The van der Waals surface area contributed by atoms with Crippen molar-refractivity contribution < 1.29 is 4.79 Å². The van der Waals surface area contributed by atoms with E-state index in [1.165, 1.54) is 5.56 Å². The topological polar surface area (TPSA) is 56.9 Å². The number of urea groups is 1. The lowest BCUT2D eigenvalue weighted by Gasteiger charge is -2.20. The van der Waals surface area contributed by atoms with Crippen molar-refractivity contribution in [3.63, 3.8) is 0 Å². The molecule has 1 heterocycles. The molecule has 0 aliphatic carbocycles. The van der Waals surface area contributed by atoms with Gasteiger partial charge in [-0.25, -0.2) is 4.79 Å². The average Bonchev–Trinajstić information content (AvgIpc) is 2.47. The van der Waals surface area contributed by atoms with Crippen LogP contribution < -0.4 is 10.6 Å². The minimum Gasteiger partial charge on any atom is -0.348 e. The molecule has 0 saturated carbocycles. The van der Waals surface area contributed by atoms with Crippen LogP contribution in [0.2, 0.25) is 0 Å². The Morgan fingerprint density at radius 3 is 2.18 bits per heavy atom. The summed E-state index contributed by atoms with van der Waals surface area (Å²) in [6, 6.07) is 1.77. The van der Waals surface area contributed by atoms with Gasteiger partial charge in [0.25, 0.3) is 0 Å². The summed E-state index contributed by atoms with van der Waals surface area (Å²) >= 11 is 0. The van der Waals surface area contributed by atoms with Crippen molar-refractivity contribution in [1.82, 2.24) is 10.3 Å². The number of hydrogen-bond donors (Lipinski definition) is 3. The van der Waals surface area contributed by atoms with Crippen molar-refractivity contribution in [2.24, 2.45) is 0 Å². The monoisotopic (exact) mass is 237 g/mol. The minimum absolute atomic E-state index is 0.0803. The largest absolute Gasteiger partial charge is 0.348 e. The second-order valence-corrected chi connectivity index (χ2v) is 6.38. The van der Waals surface area contributed by atoms with Crippen molar-refractivity contribution in [3.8, 4) is 0 Å². The third kappa shape index (κ3) is 4.51. The number of carbonyl (C=O) groups is 1. The molecule has 0 aromatic carbocycles. The molecule has 0 saturated heterocycles. The molecule has 0 bridgehead atoms. The van der Waals surface area contributed by atoms with Crippen molar-refractivity contribution in [1.29, 1.82) is 0 Å². The fourth-order valence-corrected chi connectivity index (χ4v) is 1.39. The van der Waals surface area contributed by atoms with E-state index in [4.69, 9.17) is 0 Å². The second kappa shape index (κ2) is 4.43. The smallest absolute Gasteiger partial charge is 0.320 e. The highest BCUT2D eigenvalue weighted by Gasteiger charge is 2.17. The van der Waals surface area contributed by atoms with Gasteiger partial charge in [-0.15, -0.1) is 0 Å².